The molecular formula is C14H18N2O. The number of carbonyl (C=O) groups is 1. The number of amides is 1. The Kier molecular flexibility index (Phi) is 2.26. The van der Waals surface area contributed by atoms with E-state index in [1.165, 1.54) is 5.56 Å². The average molecular weight is 230 g/mol. The van der Waals surface area contributed by atoms with Crippen LogP contribution in [-0.4, -0.2) is 37.5 Å². The molecule has 0 aromatic heterocycles. The molecule has 1 saturated heterocycles. The van der Waals surface area contributed by atoms with Gasteiger partial charge in [0.15, 0.2) is 0 Å². The average Bonchev–Trinajstić information content (AvgIpc) is 2.83. The first-order chi connectivity index (χ1) is 8.12. The first kappa shape index (κ1) is 10.8. The van der Waals surface area contributed by atoms with Gasteiger partial charge < -0.3 is 9.80 Å². The van der Waals surface area contributed by atoms with E-state index >= 15 is 0 Å². The molecule has 17 heavy (non-hydrogen) atoms. The molecule has 0 unspecified atom stereocenters. The van der Waals surface area contributed by atoms with Crippen LogP contribution >= 0.6 is 0 Å². The van der Waals surface area contributed by atoms with Crippen molar-refractivity contribution in [2.75, 3.05) is 31.6 Å². The highest BCUT2D eigenvalue weighted by molar-refractivity contribution is 5.94. The molecule has 3 rings (SSSR count). The Labute approximate surface area is 102 Å². The van der Waals surface area contributed by atoms with Crippen molar-refractivity contribution in [3.05, 3.63) is 29.8 Å². The van der Waals surface area contributed by atoms with Crippen LogP contribution in [0.2, 0.25) is 0 Å². The van der Waals surface area contributed by atoms with E-state index in [0.717, 1.165) is 31.7 Å². The first-order valence-electron chi connectivity index (χ1n) is 6.19. The molecular weight excluding hydrogens is 212 g/mol. The zero-order chi connectivity index (χ0) is 12.0. The molecule has 90 valence electrons. The number of para-hydroxylation sites is 1. The molecule has 0 radical (unpaired) electrons. The van der Waals surface area contributed by atoms with Crippen molar-refractivity contribution in [3.63, 3.8) is 0 Å². The summed E-state index contributed by atoms with van der Waals surface area (Å²) >= 11 is 0. The van der Waals surface area contributed by atoms with E-state index < -0.39 is 0 Å². The summed E-state index contributed by atoms with van der Waals surface area (Å²) in [5, 5.41) is 0. The van der Waals surface area contributed by atoms with Crippen LogP contribution in [0.15, 0.2) is 24.3 Å². The zero-order valence-electron chi connectivity index (χ0n) is 10.4. The van der Waals surface area contributed by atoms with Gasteiger partial charge in [0, 0.05) is 31.1 Å². The van der Waals surface area contributed by atoms with Crippen molar-refractivity contribution in [1.29, 1.82) is 0 Å². The lowest BCUT2D eigenvalue weighted by molar-refractivity contribution is -0.116. The molecule has 1 spiro atoms. The lowest BCUT2D eigenvalue weighted by Gasteiger charge is -2.24. The van der Waals surface area contributed by atoms with Gasteiger partial charge in [0.25, 0.3) is 0 Å². The molecule has 2 heterocycles. The van der Waals surface area contributed by atoms with Gasteiger partial charge in [0.2, 0.25) is 5.91 Å². The molecule has 0 aliphatic carbocycles. The molecule has 0 bridgehead atoms. The fourth-order valence-corrected chi connectivity index (χ4v) is 3.34. The van der Waals surface area contributed by atoms with Crippen LogP contribution in [-0.2, 0) is 10.2 Å². The van der Waals surface area contributed by atoms with E-state index in [9.17, 15) is 4.79 Å². The van der Waals surface area contributed by atoms with Crippen LogP contribution in [0.25, 0.3) is 0 Å². The Morgan fingerprint density at radius 2 is 2.06 bits per heavy atom. The monoisotopic (exact) mass is 230 g/mol. The fourth-order valence-electron chi connectivity index (χ4n) is 3.34. The van der Waals surface area contributed by atoms with Crippen molar-refractivity contribution < 1.29 is 4.79 Å². The zero-order valence-corrected chi connectivity index (χ0v) is 10.4. The van der Waals surface area contributed by atoms with Gasteiger partial charge in [-0.15, -0.1) is 0 Å². The number of benzene rings is 1. The fraction of sp³-hybridized carbons (Fsp3) is 0.500. The molecule has 0 saturated carbocycles. The van der Waals surface area contributed by atoms with Crippen molar-refractivity contribution >= 4 is 11.6 Å². The smallest absolute Gasteiger partial charge is 0.223 e. The van der Waals surface area contributed by atoms with E-state index in [2.05, 4.69) is 30.1 Å². The van der Waals surface area contributed by atoms with Gasteiger partial charge in [-0.25, -0.2) is 0 Å². The van der Waals surface area contributed by atoms with Crippen molar-refractivity contribution in [1.82, 2.24) is 4.90 Å². The van der Waals surface area contributed by atoms with Gasteiger partial charge in [-0.3, -0.25) is 4.79 Å². The Hall–Kier alpha value is -1.35. The minimum atomic E-state index is 0.156. The number of likely N-dealkylation sites (tertiary alicyclic amines) is 1. The molecule has 1 fully saturated rings. The predicted octanol–water partition coefficient (Wildman–Crippen LogP) is 1.63. The maximum absolute atomic E-state index is 11.7. The second-order valence-corrected chi connectivity index (χ2v) is 5.39. The number of hydrogen-bond donors (Lipinski definition) is 0. The number of fused-ring (bicyclic) bond motifs is 2. The number of hydrogen-bond acceptors (Lipinski definition) is 2. The van der Waals surface area contributed by atoms with Crippen LogP contribution in [0, 0.1) is 0 Å². The second kappa shape index (κ2) is 3.57. The van der Waals surface area contributed by atoms with E-state index in [4.69, 9.17) is 0 Å². The number of carbonyl (C=O) groups excluding carboxylic acids is 1. The van der Waals surface area contributed by atoms with Crippen LogP contribution in [0.1, 0.15) is 18.9 Å². The molecule has 3 heteroatoms. The van der Waals surface area contributed by atoms with Gasteiger partial charge in [-0.2, -0.15) is 0 Å². The molecule has 2 aliphatic rings. The van der Waals surface area contributed by atoms with Crippen LogP contribution in [0.5, 0.6) is 0 Å². The Morgan fingerprint density at radius 3 is 2.71 bits per heavy atom. The third-order valence-electron chi connectivity index (χ3n) is 4.15. The summed E-state index contributed by atoms with van der Waals surface area (Å²) in [7, 11) is 2.16. The van der Waals surface area contributed by atoms with Gasteiger partial charge in [-0.05, 0) is 31.6 Å². The van der Waals surface area contributed by atoms with Crippen molar-refractivity contribution in [2.45, 2.75) is 18.8 Å². The SMILES string of the molecule is CC(=O)N1C[C@@]2(CCN(C)C2)c2ccccc21. The predicted molar refractivity (Wildman–Crippen MR) is 68.3 cm³/mol. The molecule has 2 aliphatic heterocycles. The number of rotatable bonds is 0. The third-order valence-corrected chi connectivity index (χ3v) is 4.15. The van der Waals surface area contributed by atoms with E-state index in [-0.39, 0.29) is 11.3 Å². The van der Waals surface area contributed by atoms with Gasteiger partial charge in [-0.1, -0.05) is 18.2 Å². The molecule has 1 atom stereocenters. The van der Waals surface area contributed by atoms with Crippen molar-refractivity contribution in [2.24, 2.45) is 0 Å². The third kappa shape index (κ3) is 1.49. The largest absolute Gasteiger partial charge is 0.311 e. The molecule has 0 N–H and O–H groups in total. The highest BCUT2D eigenvalue weighted by Crippen LogP contribution is 2.45. The summed E-state index contributed by atoms with van der Waals surface area (Å²) in [6, 6.07) is 8.37. The van der Waals surface area contributed by atoms with E-state index in [1.54, 1.807) is 6.92 Å². The first-order valence-corrected chi connectivity index (χ1v) is 6.19. The lowest BCUT2D eigenvalue weighted by Crippen LogP contribution is -2.37. The van der Waals surface area contributed by atoms with Crippen LogP contribution in [0.4, 0.5) is 5.69 Å². The summed E-state index contributed by atoms with van der Waals surface area (Å²) in [6.07, 6.45) is 1.16. The second-order valence-electron chi connectivity index (χ2n) is 5.39. The summed E-state index contributed by atoms with van der Waals surface area (Å²) in [5.74, 6) is 0.156. The molecule has 3 nitrogen and oxygen atoms in total. The number of nitrogens with zero attached hydrogens (tertiary/aromatic N) is 2. The summed E-state index contributed by atoms with van der Waals surface area (Å²) in [6.45, 7) is 4.70. The maximum Gasteiger partial charge on any atom is 0.223 e. The molecule has 1 amide bonds. The molecule has 1 aromatic carbocycles. The summed E-state index contributed by atoms with van der Waals surface area (Å²) in [5.41, 5.74) is 2.66. The van der Waals surface area contributed by atoms with Gasteiger partial charge in [0.1, 0.15) is 0 Å². The quantitative estimate of drug-likeness (QED) is 0.676. The minimum Gasteiger partial charge on any atom is -0.311 e. The Bertz CT molecular complexity index is 471. The highest BCUT2D eigenvalue weighted by Gasteiger charge is 2.47. The van der Waals surface area contributed by atoms with Gasteiger partial charge in [0.05, 0.1) is 0 Å². The van der Waals surface area contributed by atoms with Crippen LogP contribution in [0.3, 0.4) is 0 Å². The Morgan fingerprint density at radius 1 is 1.29 bits per heavy atom. The van der Waals surface area contributed by atoms with E-state index in [0.29, 0.717) is 0 Å². The number of likely N-dealkylation sites (N-methyl/N-ethyl adjacent to an activating group) is 1. The van der Waals surface area contributed by atoms with Crippen molar-refractivity contribution in [3.8, 4) is 0 Å². The minimum absolute atomic E-state index is 0.156. The van der Waals surface area contributed by atoms with Gasteiger partial charge >= 0.3 is 0 Å². The molecule has 1 aromatic rings. The lowest BCUT2D eigenvalue weighted by atomic mass is 9.82. The number of anilines is 1. The standard InChI is InChI=1S/C14H18N2O/c1-11(17)16-10-14(7-8-15(2)9-14)12-5-3-4-6-13(12)16/h3-6H,7-10H2,1-2H3/t14-/m0/s1. The highest BCUT2D eigenvalue weighted by atomic mass is 16.2. The summed E-state index contributed by atoms with van der Waals surface area (Å²) < 4.78 is 0. The normalized spacial score (nSPS) is 27.8. The maximum atomic E-state index is 11.7. The van der Waals surface area contributed by atoms with E-state index in [1.807, 2.05) is 11.0 Å². The van der Waals surface area contributed by atoms with Crippen LogP contribution < -0.4 is 4.90 Å². The topological polar surface area (TPSA) is 23.6 Å². The summed E-state index contributed by atoms with van der Waals surface area (Å²) in [4.78, 5) is 16.0. The Balaban J connectivity index is 2.08.